The fraction of sp³-hybridized carbons (Fsp3) is 0.815. The van der Waals surface area contributed by atoms with Crippen molar-refractivity contribution in [3.8, 4) is 0 Å². The molecule has 3 heterocycles. The number of hydrogen-bond acceptors (Lipinski definition) is 13. The Labute approximate surface area is 263 Å². The van der Waals surface area contributed by atoms with Gasteiger partial charge in [-0.25, -0.2) is 13.8 Å². The van der Waals surface area contributed by atoms with Crippen LogP contribution < -0.4 is 11.1 Å². The van der Waals surface area contributed by atoms with Crippen LogP contribution in [0.25, 0.3) is 0 Å². The smallest absolute Gasteiger partial charge is 0.421 e. The van der Waals surface area contributed by atoms with Gasteiger partial charge in [0.25, 0.3) is 0 Å². The van der Waals surface area contributed by atoms with Crippen molar-refractivity contribution in [3.63, 3.8) is 0 Å². The Morgan fingerprint density at radius 3 is 2.29 bits per heavy atom. The number of rotatable bonds is 13. The molecule has 3 fully saturated rings. The molecule has 3 N–H and O–H groups in total. The lowest BCUT2D eigenvalue weighted by molar-refractivity contribution is -0.169. The van der Waals surface area contributed by atoms with Gasteiger partial charge in [0.15, 0.2) is 0 Å². The third-order valence-corrected chi connectivity index (χ3v) is 8.58. The molecule has 45 heavy (non-hydrogen) atoms. The molecule has 0 aliphatic carbocycles. The normalized spacial score (nSPS) is 22.2. The molecule has 18 heteroatoms. The number of carbonyl (C=O) groups excluding carboxylic acids is 5. The molecule has 3 aliphatic heterocycles. The van der Waals surface area contributed by atoms with E-state index in [4.69, 9.17) is 28.4 Å². The summed E-state index contributed by atoms with van der Waals surface area (Å²) in [6.07, 6.45) is -0.363. The number of nitrogens with one attached hydrogen (secondary N) is 1. The van der Waals surface area contributed by atoms with Gasteiger partial charge in [0, 0.05) is 32.6 Å². The molecule has 0 radical (unpaired) electrons. The molecule has 1 unspecified atom stereocenters. The Morgan fingerprint density at radius 1 is 1.04 bits per heavy atom. The van der Waals surface area contributed by atoms with E-state index in [-0.39, 0.29) is 44.6 Å². The van der Waals surface area contributed by atoms with Crippen LogP contribution in [0.1, 0.15) is 67.2 Å². The number of nitrogens with two attached hydrogens (primary N) is 1. The molecule has 2 bridgehead atoms. The molecule has 3 rings (SSSR count). The lowest BCUT2D eigenvalue weighted by Gasteiger charge is -2.34. The Bertz CT molecular complexity index is 1220. The van der Waals surface area contributed by atoms with Gasteiger partial charge in [-0.1, -0.05) is 13.8 Å². The molecule has 3 saturated heterocycles. The van der Waals surface area contributed by atoms with Gasteiger partial charge in [-0.2, -0.15) is 13.5 Å². The largest absolute Gasteiger partial charge is 0.466 e. The third kappa shape index (κ3) is 9.40. The molecule has 3 aliphatic rings. The molecular weight excluding hydrogens is 618 g/mol. The highest BCUT2D eigenvalue weighted by molar-refractivity contribution is 7.81. The van der Waals surface area contributed by atoms with E-state index in [1.165, 1.54) is 30.6 Å². The van der Waals surface area contributed by atoms with Crippen LogP contribution in [0.3, 0.4) is 0 Å². The van der Waals surface area contributed by atoms with E-state index in [1.54, 1.807) is 20.8 Å². The first-order chi connectivity index (χ1) is 21.0. The summed E-state index contributed by atoms with van der Waals surface area (Å²) in [6.45, 7) is 9.66. The quantitative estimate of drug-likeness (QED) is 0.205. The number of fused-ring (bicyclic) bond motifs is 2. The van der Waals surface area contributed by atoms with Crippen molar-refractivity contribution >= 4 is 40.4 Å². The first-order valence-electron chi connectivity index (χ1n) is 15.0. The topological polar surface area (TPSA) is 213 Å². The minimum atomic E-state index is -4.71. The van der Waals surface area contributed by atoms with Crippen LogP contribution in [0.5, 0.6) is 0 Å². The van der Waals surface area contributed by atoms with Crippen LogP contribution in [0, 0.1) is 11.3 Å². The van der Waals surface area contributed by atoms with Gasteiger partial charge in [-0.15, -0.1) is 4.28 Å². The van der Waals surface area contributed by atoms with E-state index in [2.05, 4.69) is 5.32 Å². The number of nitrogens with zero attached hydrogens (tertiary/aromatic N) is 3. The van der Waals surface area contributed by atoms with Crippen LogP contribution in [0.15, 0.2) is 0 Å². The van der Waals surface area contributed by atoms with Crippen molar-refractivity contribution in [1.29, 1.82) is 0 Å². The van der Waals surface area contributed by atoms with Gasteiger partial charge in [0.05, 0.1) is 24.7 Å². The average Bonchev–Trinajstić information content (AvgIpc) is 3.19. The molecule has 4 atom stereocenters. The number of likely N-dealkylation sites (tertiary alicyclic amines) is 1. The van der Waals surface area contributed by atoms with Crippen LogP contribution >= 0.6 is 0 Å². The van der Waals surface area contributed by atoms with E-state index in [0.717, 1.165) is 0 Å². The van der Waals surface area contributed by atoms with Crippen molar-refractivity contribution in [1.82, 2.24) is 20.2 Å². The Hall–Kier alpha value is -3.22. The number of carbonyl (C=O) groups is 5. The molecule has 17 nitrogen and oxygen atoms in total. The first kappa shape index (κ1) is 36.3. The average molecular weight is 664 g/mol. The van der Waals surface area contributed by atoms with E-state index >= 15 is 0 Å². The Kier molecular flexibility index (Phi) is 12.0. The Morgan fingerprint density at radius 2 is 1.69 bits per heavy atom. The SMILES string of the molecule is CCOC(=O)C(C)(C)COS(=O)(=O)ON1C(=O)N2C[C@H]1CC[C@H]2C(=O)NC1CCN(C(=O)OC(C)OC(=O)[C@@H](N)C(C)C)CC1. The second kappa shape index (κ2) is 14.9. The van der Waals surface area contributed by atoms with Crippen LogP contribution in [0.4, 0.5) is 9.59 Å². The van der Waals surface area contributed by atoms with Crippen molar-refractivity contribution in [3.05, 3.63) is 0 Å². The van der Waals surface area contributed by atoms with Gasteiger partial charge in [0.1, 0.15) is 12.1 Å². The fourth-order valence-electron chi connectivity index (χ4n) is 4.99. The fourth-order valence-corrected chi connectivity index (χ4v) is 5.85. The molecule has 0 aromatic heterocycles. The van der Waals surface area contributed by atoms with Crippen molar-refractivity contribution in [2.45, 2.75) is 97.7 Å². The highest BCUT2D eigenvalue weighted by atomic mass is 32.3. The van der Waals surface area contributed by atoms with Gasteiger partial charge < -0.3 is 35.1 Å². The van der Waals surface area contributed by atoms with E-state index in [1.807, 2.05) is 0 Å². The zero-order valence-electron chi connectivity index (χ0n) is 26.6. The second-order valence-electron chi connectivity index (χ2n) is 12.3. The molecule has 0 saturated carbocycles. The van der Waals surface area contributed by atoms with E-state index in [9.17, 15) is 32.4 Å². The predicted molar refractivity (Wildman–Crippen MR) is 155 cm³/mol. The lowest BCUT2D eigenvalue weighted by Crippen LogP contribution is -2.54. The molecule has 0 aromatic rings. The van der Waals surface area contributed by atoms with E-state index in [0.29, 0.717) is 24.3 Å². The number of hydrogen-bond donors (Lipinski definition) is 2. The summed E-state index contributed by atoms with van der Waals surface area (Å²) in [5.74, 6) is -1.86. The van der Waals surface area contributed by atoms with Gasteiger partial charge in [0.2, 0.25) is 12.2 Å². The third-order valence-electron chi connectivity index (χ3n) is 7.83. The molecule has 256 valence electrons. The van der Waals surface area contributed by atoms with E-state index < -0.39 is 76.8 Å². The summed E-state index contributed by atoms with van der Waals surface area (Å²) in [6, 6.07) is -3.37. The second-order valence-corrected chi connectivity index (χ2v) is 13.5. The maximum atomic E-state index is 13.2. The van der Waals surface area contributed by atoms with Crippen LogP contribution in [0.2, 0.25) is 0 Å². The Balaban J connectivity index is 1.46. The van der Waals surface area contributed by atoms with Crippen molar-refractivity contribution < 1.29 is 55.1 Å². The summed E-state index contributed by atoms with van der Waals surface area (Å²) in [7, 11) is -4.71. The number of urea groups is 1. The minimum absolute atomic E-state index is 0.0792. The number of hydroxylamine groups is 2. The summed E-state index contributed by atoms with van der Waals surface area (Å²) >= 11 is 0. The van der Waals surface area contributed by atoms with Crippen molar-refractivity contribution in [2.24, 2.45) is 17.1 Å². The standard InChI is InChI=1S/C27H45N5O12S/c1-7-40-24(35)27(5,6)15-41-45(38,39)44-32-19-8-9-20(31(14-19)25(32)36)22(33)29-18-10-12-30(13-11-18)26(37)43-17(4)42-23(34)21(28)16(2)3/h16-21H,7-15,28H2,1-6H3,(H,29,33)/t17?,19-,20+,21+/m1/s1. The van der Waals surface area contributed by atoms with Crippen LogP contribution in [-0.4, -0.2) is 117 Å². The number of esters is 2. The predicted octanol–water partition coefficient (Wildman–Crippen LogP) is 0.627. The summed E-state index contributed by atoms with van der Waals surface area (Å²) < 4.78 is 50.1. The lowest BCUT2D eigenvalue weighted by atomic mass is 9.95. The molecule has 0 spiro atoms. The zero-order chi connectivity index (χ0) is 33.7. The van der Waals surface area contributed by atoms with Crippen molar-refractivity contribution in [2.75, 3.05) is 32.8 Å². The minimum Gasteiger partial charge on any atom is -0.466 e. The number of piperidine rings is 2. The van der Waals surface area contributed by atoms with Gasteiger partial charge >= 0.3 is 34.5 Å². The molecule has 0 aromatic carbocycles. The zero-order valence-corrected chi connectivity index (χ0v) is 27.4. The summed E-state index contributed by atoms with van der Waals surface area (Å²) in [5.41, 5.74) is 4.47. The highest BCUT2D eigenvalue weighted by Gasteiger charge is 2.50. The number of ether oxygens (including phenoxy) is 3. The van der Waals surface area contributed by atoms with Crippen LogP contribution in [-0.2, 0) is 47.5 Å². The molecular formula is C27H45N5O12S. The highest BCUT2D eigenvalue weighted by Crippen LogP contribution is 2.32. The summed E-state index contributed by atoms with van der Waals surface area (Å²) in [4.78, 5) is 65.5. The number of amides is 4. The molecule has 4 amide bonds. The maximum Gasteiger partial charge on any atom is 0.421 e. The maximum absolute atomic E-state index is 13.2. The van der Waals surface area contributed by atoms with Gasteiger partial charge in [-0.3, -0.25) is 14.4 Å². The monoisotopic (exact) mass is 663 g/mol. The summed E-state index contributed by atoms with van der Waals surface area (Å²) in [5, 5.41) is 3.61. The first-order valence-corrected chi connectivity index (χ1v) is 16.4. The van der Waals surface area contributed by atoms with Gasteiger partial charge in [-0.05, 0) is 52.4 Å².